The van der Waals surface area contributed by atoms with Gasteiger partial charge in [0.1, 0.15) is 11.4 Å². The van der Waals surface area contributed by atoms with Crippen LogP contribution in [0.3, 0.4) is 0 Å². The average Bonchev–Trinajstić information content (AvgIpc) is 2.88. The topological polar surface area (TPSA) is 68.5 Å². The van der Waals surface area contributed by atoms with E-state index in [0.717, 1.165) is 11.4 Å². The number of hydrogen-bond acceptors (Lipinski definition) is 4. The molecule has 0 fully saturated rings. The standard InChI is InChI=1S/C16H15ClN4O2/c1-9-6-15-18-13(7-10(2)21(15)20-9)16(22)19-12-8-11(17)4-5-14(12)23-3/h4-8H,1-3H3,(H,19,22). The molecule has 0 radical (unpaired) electrons. The molecular weight excluding hydrogens is 316 g/mol. The first kappa shape index (κ1) is 15.3. The quantitative estimate of drug-likeness (QED) is 0.800. The normalized spacial score (nSPS) is 10.8. The van der Waals surface area contributed by atoms with E-state index in [4.69, 9.17) is 16.3 Å². The van der Waals surface area contributed by atoms with E-state index in [0.29, 0.717) is 27.8 Å². The third-order valence-electron chi connectivity index (χ3n) is 3.37. The lowest BCUT2D eigenvalue weighted by atomic mass is 10.2. The van der Waals surface area contributed by atoms with E-state index in [2.05, 4.69) is 15.4 Å². The molecule has 3 aromatic rings. The van der Waals surface area contributed by atoms with Gasteiger partial charge in [-0.25, -0.2) is 9.50 Å². The van der Waals surface area contributed by atoms with E-state index in [9.17, 15) is 4.79 Å². The second kappa shape index (κ2) is 5.89. The lowest BCUT2D eigenvalue weighted by molar-refractivity contribution is 0.102. The molecule has 2 heterocycles. The third-order valence-corrected chi connectivity index (χ3v) is 3.60. The summed E-state index contributed by atoms with van der Waals surface area (Å²) in [6, 6.07) is 8.53. The van der Waals surface area contributed by atoms with E-state index >= 15 is 0 Å². The number of nitrogens with one attached hydrogen (secondary N) is 1. The summed E-state index contributed by atoms with van der Waals surface area (Å²) < 4.78 is 6.93. The zero-order valence-electron chi connectivity index (χ0n) is 12.9. The summed E-state index contributed by atoms with van der Waals surface area (Å²) in [7, 11) is 1.53. The maximum Gasteiger partial charge on any atom is 0.274 e. The van der Waals surface area contributed by atoms with E-state index in [1.165, 1.54) is 7.11 Å². The van der Waals surface area contributed by atoms with Crippen molar-refractivity contribution in [3.63, 3.8) is 0 Å². The number of halogens is 1. The van der Waals surface area contributed by atoms with Crippen LogP contribution in [-0.2, 0) is 0 Å². The molecule has 0 atom stereocenters. The Morgan fingerprint density at radius 1 is 1.26 bits per heavy atom. The monoisotopic (exact) mass is 330 g/mol. The van der Waals surface area contributed by atoms with Crippen LogP contribution in [0.4, 0.5) is 5.69 Å². The first-order valence-electron chi connectivity index (χ1n) is 6.97. The smallest absolute Gasteiger partial charge is 0.274 e. The Bertz CT molecular complexity index is 904. The zero-order chi connectivity index (χ0) is 16.6. The highest BCUT2D eigenvalue weighted by Crippen LogP contribution is 2.28. The molecule has 23 heavy (non-hydrogen) atoms. The predicted molar refractivity (Wildman–Crippen MR) is 88.4 cm³/mol. The highest BCUT2D eigenvalue weighted by atomic mass is 35.5. The van der Waals surface area contributed by atoms with Gasteiger partial charge < -0.3 is 10.1 Å². The molecule has 0 saturated carbocycles. The van der Waals surface area contributed by atoms with Gasteiger partial charge in [0.25, 0.3) is 5.91 Å². The van der Waals surface area contributed by atoms with Crippen LogP contribution >= 0.6 is 11.6 Å². The van der Waals surface area contributed by atoms with Crippen LogP contribution in [0.25, 0.3) is 5.65 Å². The van der Waals surface area contributed by atoms with Gasteiger partial charge in [0, 0.05) is 16.8 Å². The Morgan fingerprint density at radius 2 is 2.04 bits per heavy atom. The number of hydrogen-bond donors (Lipinski definition) is 1. The summed E-state index contributed by atoms with van der Waals surface area (Å²) in [6.45, 7) is 3.75. The van der Waals surface area contributed by atoms with Gasteiger partial charge in [-0.15, -0.1) is 0 Å². The Balaban J connectivity index is 1.96. The van der Waals surface area contributed by atoms with Crippen LogP contribution in [0.1, 0.15) is 21.9 Å². The van der Waals surface area contributed by atoms with Crippen molar-refractivity contribution < 1.29 is 9.53 Å². The molecule has 0 unspecified atom stereocenters. The second-order valence-electron chi connectivity index (χ2n) is 5.14. The first-order valence-corrected chi connectivity index (χ1v) is 7.34. The number of ether oxygens (including phenoxy) is 1. The van der Waals surface area contributed by atoms with Gasteiger partial charge in [-0.1, -0.05) is 11.6 Å². The van der Waals surface area contributed by atoms with Crippen LogP contribution < -0.4 is 10.1 Å². The van der Waals surface area contributed by atoms with Crippen LogP contribution in [0.15, 0.2) is 30.3 Å². The summed E-state index contributed by atoms with van der Waals surface area (Å²) in [6.07, 6.45) is 0. The van der Waals surface area contributed by atoms with Crippen molar-refractivity contribution >= 4 is 28.8 Å². The number of aromatic nitrogens is 3. The number of aryl methyl sites for hydroxylation is 2. The van der Waals surface area contributed by atoms with Crippen molar-refractivity contribution in [1.29, 1.82) is 0 Å². The second-order valence-corrected chi connectivity index (χ2v) is 5.57. The predicted octanol–water partition coefficient (Wildman–Crippen LogP) is 3.26. The number of anilines is 1. The number of carbonyl (C=O) groups is 1. The van der Waals surface area contributed by atoms with Crippen molar-refractivity contribution in [1.82, 2.24) is 14.6 Å². The third kappa shape index (κ3) is 2.98. The molecule has 118 valence electrons. The van der Waals surface area contributed by atoms with Crippen LogP contribution in [0.5, 0.6) is 5.75 Å². The number of benzene rings is 1. The Morgan fingerprint density at radius 3 is 2.78 bits per heavy atom. The molecule has 0 aliphatic heterocycles. The number of amides is 1. The molecular formula is C16H15ClN4O2. The maximum absolute atomic E-state index is 12.5. The Labute approximate surface area is 138 Å². The number of fused-ring (bicyclic) bond motifs is 1. The molecule has 0 spiro atoms. The minimum absolute atomic E-state index is 0.303. The highest BCUT2D eigenvalue weighted by molar-refractivity contribution is 6.31. The summed E-state index contributed by atoms with van der Waals surface area (Å²) in [4.78, 5) is 16.8. The maximum atomic E-state index is 12.5. The van der Waals surface area contributed by atoms with E-state index in [-0.39, 0.29) is 5.91 Å². The van der Waals surface area contributed by atoms with E-state index < -0.39 is 0 Å². The zero-order valence-corrected chi connectivity index (χ0v) is 13.7. The summed E-state index contributed by atoms with van der Waals surface area (Å²) in [5.41, 5.74) is 3.10. The summed E-state index contributed by atoms with van der Waals surface area (Å²) >= 11 is 5.98. The van der Waals surface area contributed by atoms with Crippen LogP contribution in [0.2, 0.25) is 5.02 Å². The van der Waals surface area contributed by atoms with Crippen LogP contribution in [-0.4, -0.2) is 27.6 Å². The molecule has 0 aliphatic rings. The van der Waals surface area contributed by atoms with Crippen molar-refractivity contribution in [2.45, 2.75) is 13.8 Å². The fourth-order valence-electron chi connectivity index (χ4n) is 2.32. The Kier molecular flexibility index (Phi) is 3.92. The van der Waals surface area contributed by atoms with Gasteiger partial charge >= 0.3 is 0 Å². The lowest BCUT2D eigenvalue weighted by Crippen LogP contribution is -2.15. The van der Waals surface area contributed by atoms with Crippen molar-refractivity contribution in [2.75, 3.05) is 12.4 Å². The highest BCUT2D eigenvalue weighted by Gasteiger charge is 2.14. The molecule has 0 bridgehead atoms. The van der Waals surface area contributed by atoms with Crippen LogP contribution in [0, 0.1) is 13.8 Å². The van der Waals surface area contributed by atoms with Crippen molar-refractivity contribution in [3.8, 4) is 5.75 Å². The van der Waals surface area contributed by atoms with Crippen molar-refractivity contribution in [2.24, 2.45) is 0 Å². The number of nitrogens with zero attached hydrogens (tertiary/aromatic N) is 3. The van der Waals surface area contributed by atoms with Gasteiger partial charge in [0.15, 0.2) is 5.65 Å². The minimum atomic E-state index is -0.338. The van der Waals surface area contributed by atoms with Gasteiger partial charge in [-0.2, -0.15) is 5.10 Å². The number of rotatable bonds is 3. The molecule has 2 aromatic heterocycles. The molecule has 6 nitrogen and oxygen atoms in total. The van der Waals surface area contributed by atoms with Gasteiger partial charge in [0.05, 0.1) is 18.5 Å². The number of methoxy groups -OCH3 is 1. The molecule has 7 heteroatoms. The van der Waals surface area contributed by atoms with Gasteiger partial charge in [-0.05, 0) is 38.1 Å². The SMILES string of the molecule is COc1ccc(Cl)cc1NC(=O)c1cc(C)n2nc(C)cc2n1. The molecule has 1 aromatic carbocycles. The molecule has 3 rings (SSSR count). The fraction of sp³-hybridized carbons (Fsp3) is 0.188. The van der Waals surface area contributed by atoms with E-state index in [1.54, 1.807) is 28.8 Å². The largest absolute Gasteiger partial charge is 0.495 e. The van der Waals surface area contributed by atoms with Gasteiger partial charge in [0.2, 0.25) is 0 Å². The van der Waals surface area contributed by atoms with Crippen molar-refractivity contribution in [3.05, 3.63) is 52.4 Å². The summed E-state index contributed by atoms with van der Waals surface area (Å²) in [5, 5.41) is 7.60. The molecule has 1 amide bonds. The molecule has 0 aliphatic carbocycles. The molecule has 0 saturated heterocycles. The molecule has 1 N–H and O–H groups in total. The van der Waals surface area contributed by atoms with E-state index in [1.807, 2.05) is 19.9 Å². The fourth-order valence-corrected chi connectivity index (χ4v) is 2.49. The number of carbonyl (C=O) groups excluding carboxylic acids is 1. The lowest BCUT2D eigenvalue weighted by Gasteiger charge is -2.10. The first-order chi connectivity index (χ1) is 11.0. The Hall–Kier alpha value is -2.60. The minimum Gasteiger partial charge on any atom is -0.495 e. The average molecular weight is 331 g/mol. The summed E-state index contributed by atoms with van der Waals surface area (Å²) in [5.74, 6) is 0.191. The van der Waals surface area contributed by atoms with Gasteiger partial charge in [-0.3, -0.25) is 4.79 Å².